The quantitative estimate of drug-likeness (QED) is 0.654. The maximum Gasteiger partial charge on any atom is 0.412 e. The average molecular weight is 367 g/mol. The molecule has 6 nitrogen and oxygen atoms in total. The zero-order valence-corrected chi connectivity index (χ0v) is 14.5. The highest BCUT2D eigenvalue weighted by Gasteiger charge is 2.08. The Labute approximate surface area is 155 Å². The number of carbonyl (C=O) groups is 1. The highest BCUT2D eigenvalue weighted by molar-refractivity contribution is 6.30. The molecule has 0 bridgehead atoms. The van der Waals surface area contributed by atoms with E-state index in [0.29, 0.717) is 22.9 Å². The van der Waals surface area contributed by atoms with Crippen molar-refractivity contribution in [3.8, 4) is 0 Å². The molecule has 2 aromatic carbocycles. The molecule has 1 heterocycles. The highest BCUT2D eigenvalue weighted by atomic mass is 35.5. The summed E-state index contributed by atoms with van der Waals surface area (Å²) in [4.78, 5) is 19.4. The number of halogens is 1. The number of nitrogens with one attached hydrogen (secondary N) is 1. The first-order valence-electron chi connectivity index (χ1n) is 7.79. The second kappa shape index (κ2) is 8.19. The van der Waals surface area contributed by atoms with E-state index in [4.69, 9.17) is 22.9 Å². The number of benzene rings is 2. The van der Waals surface area contributed by atoms with Gasteiger partial charge in [-0.05, 0) is 23.8 Å². The van der Waals surface area contributed by atoms with Gasteiger partial charge >= 0.3 is 6.09 Å². The summed E-state index contributed by atoms with van der Waals surface area (Å²) in [6.07, 6.45) is 2.76. The van der Waals surface area contributed by atoms with E-state index in [2.05, 4.69) is 15.1 Å². The van der Waals surface area contributed by atoms with Crippen molar-refractivity contribution in [2.24, 2.45) is 0 Å². The fourth-order valence-electron chi connectivity index (χ4n) is 2.34. The van der Waals surface area contributed by atoms with Gasteiger partial charge in [0.2, 0.25) is 0 Å². The van der Waals surface area contributed by atoms with Crippen LogP contribution in [0.1, 0.15) is 11.3 Å². The maximum absolute atomic E-state index is 11.9. The van der Waals surface area contributed by atoms with Gasteiger partial charge in [0, 0.05) is 17.3 Å². The monoisotopic (exact) mass is 366 g/mol. The van der Waals surface area contributed by atoms with Crippen molar-refractivity contribution in [1.29, 1.82) is 0 Å². The van der Waals surface area contributed by atoms with E-state index in [1.54, 1.807) is 48.9 Å². The molecule has 3 aromatic rings. The molecule has 0 aliphatic heterocycles. The summed E-state index contributed by atoms with van der Waals surface area (Å²) in [5.74, 6) is 0. The first kappa shape index (κ1) is 17.5. The molecular weight excluding hydrogens is 352 g/mol. The van der Waals surface area contributed by atoms with E-state index in [0.717, 1.165) is 11.3 Å². The van der Waals surface area contributed by atoms with Crippen molar-refractivity contribution in [2.75, 3.05) is 5.32 Å². The minimum atomic E-state index is -0.568. The molecule has 7 heteroatoms. The molecule has 0 radical (unpaired) electrons. The Morgan fingerprint density at radius 1 is 1.27 bits per heavy atom. The Bertz CT molecular complexity index is 945. The van der Waals surface area contributed by atoms with Crippen molar-refractivity contribution < 1.29 is 9.53 Å². The molecule has 0 fully saturated rings. The third-order valence-corrected chi connectivity index (χ3v) is 3.87. The van der Waals surface area contributed by atoms with Gasteiger partial charge in [-0.2, -0.15) is 0 Å². The summed E-state index contributed by atoms with van der Waals surface area (Å²) in [6.45, 7) is 7.65. The summed E-state index contributed by atoms with van der Waals surface area (Å²) in [7, 11) is 0. The molecule has 1 aromatic heterocycles. The Balaban J connectivity index is 1.58. The molecule has 26 heavy (non-hydrogen) atoms. The van der Waals surface area contributed by atoms with Gasteiger partial charge in [-0.1, -0.05) is 41.9 Å². The molecule has 1 amide bonds. The first-order chi connectivity index (χ1) is 12.6. The van der Waals surface area contributed by atoms with E-state index in [1.165, 1.54) is 0 Å². The van der Waals surface area contributed by atoms with Gasteiger partial charge in [-0.15, -0.1) is 0 Å². The summed E-state index contributed by atoms with van der Waals surface area (Å²) in [5.41, 5.74) is 2.96. The Morgan fingerprint density at radius 2 is 2.08 bits per heavy atom. The van der Waals surface area contributed by atoms with E-state index in [-0.39, 0.29) is 6.61 Å². The average Bonchev–Trinajstić information content (AvgIpc) is 3.08. The van der Waals surface area contributed by atoms with Crippen LogP contribution in [0.4, 0.5) is 16.2 Å². The van der Waals surface area contributed by atoms with Gasteiger partial charge in [-0.3, -0.25) is 5.32 Å². The minimum absolute atomic E-state index is 0.0898. The largest absolute Gasteiger partial charge is 0.443 e. The first-order valence-corrected chi connectivity index (χ1v) is 8.16. The SMILES string of the molecule is [C-]#[N+]c1ccc(Cn2cncc2COC(=O)Nc2cccc(Cl)c2)cc1. The number of carbonyl (C=O) groups excluding carboxylic acids is 1. The predicted octanol–water partition coefficient (Wildman–Crippen LogP) is 4.88. The van der Waals surface area contributed by atoms with E-state index in [9.17, 15) is 4.79 Å². The lowest BCUT2D eigenvalue weighted by atomic mass is 10.2. The molecule has 1 N–H and O–H groups in total. The van der Waals surface area contributed by atoms with Gasteiger partial charge in [-0.25, -0.2) is 14.6 Å². The summed E-state index contributed by atoms with van der Waals surface area (Å²) >= 11 is 5.88. The van der Waals surface area contributed by atoms with Crippen molar-refractivity contribution in [3.63, 3.8) is 0 Å². The van der Waals surface area contributed by atoms with Crippen molar-refractivity contribution in [2.45, 2.75) is 13.2 Å². The third kappa shape index (κ3) is 4.62. The van der Waals surface area contributed by atoms with Crippen LogP contribution in [0.3, 0.4) is 0 Å². The summed E-state index contributed by atoms with van der Waals surface area (Å²) in [5, 5.41) is 3.16. The van der Waals surface area contributed by atoms with Crippen LogP contribution in [0.5, 0.6) is 0 Å². The molecule has 0 saturated carbocycles. The summed E-state index contributed by atoms with van der Waals surface area (Å²) in [6, 6.07) is 14.2. The standard InChI is InChI=1S/C19H15ClN4O2/c1-21-16-7-5-14(6-8-16)11-24-13-22-10-18(24)12-26-19(25)23-17-4-2-3-15(20)9-17/h2-10,13H,11-12H2,(H,23,25). The molecule has 0 atom stereocenters. The Hall–Kier alpha value is -3.30. The van der Waals surface area contributed by atoms with Gasteiger partial charge in [0.25, 0.3) is 0 Å². The lowest BCUT2D eigenvalue weighted by Crippen LogP contribution is -2.15. The molecule has 0 saturated heterocycles. The fourth-order valence-corrected chi connectivity index (χ4v) is 2.53. The number of ether oxygens (including phenoxy) is 1. The number of amides is 1. The molecular formula is C19H15ClN4O2. The van der Waals surface area contributed by atoms with Gasteiger partial charge in [0.15, 0.2) is 5.69 Å². The minimum Gasteiger partial charge on any atom is -0.443 e. The van der Waals surface area contributed by atoms with E-state index < -0.39 is 6.09 Å². The van der Waals surface area contributed by atoms with Gasteiger partial charge in [0.05, 0.1) is 24.8 Å². The van der Waals surface area contributed by atoms with Crippen molar-refractivity contribution >= 4 is 29.1 Å². The predicted molar refractivity (Wildman–Crippen MR) is 99.3 cm³/mol. The zero-order valence-electron chi connectivity index (χ0n) is 13.7. The number of nitrogens with zero attached hydrogens (tertiary/aromatic N) is 3. The molecule has 0 unspecified atom stereocenters. The van der Waals surface area contributed by atoms with E-state index in [1.807, 2.05) is 16.7 Å². The lowest BCUT2D eigenvalue weighted by Gasteiger charge is -2.10. The normalized spacial score (nSPS) is 10.2. The Kier molecular flexibility index (Phi) is 5.52. The topological polar surface area (TPSA) is 60.5 Å². The molecule has 0 aliphatic carbocycles. The number of imidazole rings is 1. The van der Waals surface area contributed by atoms with Crippen LogP contribution >= 0.6 is 11.6 Å². The van der Waals surface area contributed by atoms with Crippen LogP contribution in [0.15, 0.2) is 61.1 Å². The highest BCUT2D eigenvalue weighted by Crippen LogP contribution is 2.16. The van der Waals surface area contributed by atoms with Crippen molar-refractivity contribution in [3.05, 3.63) is 88.8 Å². The van der Waals surface area contributed by atoms with Crippen LogP contribution < -0.4 is 5.32 Å². The second-order valence-electron chi connectivity index (χ2n) is 5.50. The molecule has 3 rings (SSSR count). The zero-order chi connectivity index (χ0) is 18.4. The number of hydrogen-bond donors (Lipinski definition) is 1. The van der Waals surface area contributed by atoms with Crippen LogP contribution in [0.25, 0.3) is 4.85 Å². The van der Waals surface area contributed by atoms with Crippen LogP contribution in [0, 0.1) is 6.57 Å². The smallest absolute Gasteiger partial charge is 0.412 e. The molecule has 0 aliphatic rings. The van der Waals surface area contributed by atoms with E-state index >= 15 is 0 Å². The third-order valence-electron chi connectivity index (χ3n) is 3.64. The number of hydrogen-bond acceptors (Lipinski definition) is 3. The second-order valence-corrected chi connectivity index (χ2v) is 5.94. The van der Waals surface area contributed by atoms with Gasteiger partial charge < -0.3 is 9.30 Å². The molecule has 130 valence electrons. The van der Waals surface area contributed by atoms with Crippen LogP contribution in [0.2, 0.25) is 5.02 Å². The maximum atomic E-state index is 11.9. The number of anilines is 1. The lowest BCUT2D eigenvalue weighted by molar-refractivity contribution is 0.152. The van der Waals surface area contributed by atoms with Crippen LogP contribution in [-0.2, 0) is 17.9 Å². The van der Waals surface area contributed by atoms with Crippen molar-refractivity contribution in [1.82, 2.24) is 9.55 Å². The summed E-state index contributed by atoms with van der Waals surface area (Å²) < 4.78 is 7.14. The number of aromatic nitrogens is 2. The Morgan fingerprint density at radius 3 is 2.81 bits per heavy atom. The van der Waals surface area contributed by atoms with Crippen LogP contribution in [-0.4, -0.2) is 15.6 Å². The molecule has 0 spiro atoms. The number of rotatable bonds is 5. The fraction of sp³-hybridized carbons (Fsp3) is 0.105. The van der Waals surface area contributed by atoms with Gasteiger partial charge in [0.1, 0.15) is 6.61 Å².